The van der Waals surface area contributed by atoms with Gasteiger partial charge in [0, 0.05) is 42.8 Å². The van der Waals surface area contributed by atoms with Crippen LogP contribution >= 0.6 is 0 Å². The van der Waals surface area contributed by atoms with Gasteiger partial charge in [0.1, 0.15) is 0 Å². The van der Waals surface area contributed by atoms with Crippen LogP contribution in [0.1, 0.15) is 18.7 Å². The number of anilines is 1. The van der Waals surface area contributed by atoms with Gasteiger partial charge in [-0.25, -0.2) is 4.79 Å². The van der Waals surface area contributed by atoms with E-state index in [0.717, 1.165) is 12.2 Å². The highest BCUT2D eigenvalue weighted by Gasteiger charge is 2.27. The molecular weight excluding hydrogens is 284 g/mol. The monoisotopic (exact) mass is 300 g/mol. The Morgan fingerprint density at radius 2 is 2.14 bits per heavy atom. The summed E-state index contributed by atoms with van der Waals surface area (Å²) in [6.45, 7) is 3.32. The van der Waals surface area contributed by atoms with E-state index >= 15 is 0 Å². The fourth-order valence-electron chi connectivity index (χ4n) is 2.75. The quantitative estimate of drug-likeness (QED) is 0.684. The lowest BCUT2D eigenvalue weighted by Crippen LogP contribution is -2.42. The average molecular weight is 300 g/mol. The molecule has 114 valence electrons. The maximum Gasteiger partial charge on any atom is 0.322 e. The zero-order valence-corrected chi connectivity index (χ0v) is 12.1. The van der Waals surface area contributed by atoms with Crippen molar-refractivity contribution in [2.45, 2.75) is 19.5 Å². The van der Waals surface area contributed by atoms with Gasteiger partial charge >= 0.3 is 6.03 Å². The highest BCUT2D eigenvalue weighted by atomic mass is 16.6. The van der Waals surface area contributed by atoms with Crippen molar-refractivity contribution >= 4 is 17.4 Å². The van der Waals surface area contributed by atoms with Gasteiger partial charge < -0.3 is 14.8 Å². The van der Waals surface area contributed by atoms with Crippen LogP contribution in [0.2, 0.25) is 0 Å². The minimum atomic E-state index is -0.480. The molecular formula is C15H16N4O3. The van der Waals surface area contributed by atoms with Gasteiger partial charge in [-0.3, -0.25) is 10.1 Å². The molecule has 0 saturated carbocycles. The van der Waals surface area contributed by atoms with Crippen molar-refractivity contribution in [1.82, 2.24) is 9.47 Å². The summed E-state index contributed by atoms with van der Waals surface area (Å²) in [6, 6.07) is 9.62. The van der Waals surface area contributed by atoms with Crippen molar-refractivity contribution in [2.75, 3.05) is 11.9 Å². The van der Waals surface area contributed by atoms with Crippen LogP contribution in [0.15, 0.2) is 42.6 Å². The zero-order chi connectivity index (χ0) is 15.7. The fourth-order valence-corrected chi connectivity index (χ4v) is 2.75. The van der Waals surface area contributed by atoms with Crippen LogP contribution < -0.4 is 5.32 Å². The molecule has 1 atom stereocenters. The smallest absolute Gasteiger partial charge is 0.322 e. The first-order valence-corrected chi connectivity index (χ1v) is 7.03. The Bertz CT molecular complexity index is 725. The first-order valence-electron chi connectivity index (χ1n) is 7.03. The van der Waals surface area contributed by atoms with Crippen LogP contribution in [-0.4, -0.2) is 27.0 Å². The van der Waals surface area contributed by atoms with Crippen molar-refractivity contribution in [2.24, 2.45) is 0 Å². The number of hydrogen-bond donors (Lipinski definition) is 1. The molecule has 0 saturated heterocycles. The van der Waals surface area contributed by atoms with E-state index in [1.807, 2.05) is 25.3 Å². The Hall–Kier alpha value is -2.83. The first kappa shape index (κ1) is 14.1. The lowest BCUT2D eigenvalue weighted by molar-refractivity contribution is -0.384. The van der Waals surface area contributed by atoms with E-state index in [1.54, 1.807) is 17.0 Å². The van der Waals surface area contributed by atoms with Crippen LogP contribution in [0.3, 0.4) is 0 Å². The summed E-state index contributed by atoms with van der Waals surface area (Å²) in [7, 11) is 0. The molecule has 1 aromatic carbocycles. The van der Waals surface area contributed by atoms with Gasteiger partial charge in [-0.05, 0) is 25.1 Å². The number of hydrogen-bond acceptors (Lipinski definition) is 3. The van der Waals surface area contributed by atoms with Crippen LogP contribution in [0, 0.1) is 10.1 Å². The second-order valence-corrected chi connectivity index (χ2v) is 5.23. The molecule has 2 aromatic rings. The van der Waals surface area contributed by atoms with E-state index in [0.29, 0.717) is 12.2 Å². The highest BCUT2D eigenvalue weighted by molar-refractivity contribution is 5.90. The van der Waals surface area contributed by atoms with E-state index in [9.17, 15) is 14.9 Å². The lowest BCUT2D eigenvalue weighted by atomic mass is 10.1. The molecule has 0 bridgehead atoms. The number of carbonyl (C=O) groups excluding carboxylic acids is 1. The lowest BCUT2D eigenvalue weighted by Gasteiger charge is -2.34. The summed E-state index contributed by atoms with van der Waals surface area (Å²) in [4.78, 5) is 24.5. The predicted molar refractivity (Wildman–Crippen MR) is 81.7 cm³/mol. The van der Waals surface area contributed by atoms with Gasteiger partial charge in [-0.1, -0.05) is 6.07 Å². The third kappa shape index (κ3) is 2.52. The molecule has 7 nitrogen and oxygen atoms in total. The van der Waals surface area contributed by atoms with Crippen molar-refractivity contribution in [1.29, 1.82) is 0 Å². The number of non-ortho nitro benzene ring substituents is 1. The Kier molecular flexibility index (Phi) is 3.54. The molecule has 22 heavy (non-hydrogen) atoms. The number of rotatable bonds is 2. The number of nitro benzene ring substituents is 1. The minimum absolute atomic E-state index is 0.0394. The molecule has 0 fully saturated rings. The number of fused-ring (bicyclic) bond motifs is 1. The predicted octanol–water partition coefficient (Wildman–Crippen LogP) is 3.01. The Balaban J connectivity index is 1.75. The third-order valence-electron chi connectivity index (χ3n) is 3.91. The Labute approximate surface area is 127 Å². The molecule has 0 aliphatic carbocycles. The number of amides is 2. The second-order valence-electron chi connectivity index (χ2n) is 5.23. The first-order chi connectivity index (χ1) is 10.6. The van der Waals surface area contributed by atoms with E-state index in [-0.39, 0.29) is 17.8 Å². The number of nitrogens with zero attached hydrogens (tertiary/aromatic N) is 3. The number of nitro groups is 1. The standard InChI is InChI=1S/C15H16N4O3/c1-11-14-6-3-7-17(14)8-9-18(11)15(20)16-12-4-2-5-13(10-12)19(21)22/h2-7,10-11H,8-9H2,1H3,(H,16,20)/t11-/m1/s1. The van der Waals surface area contributed by atoms with Crippen molar-refractivity contribution in [3.8, 4) is 0 Å². The summed E-state index contributed by atoms with van der Waals surface area (Å²) >= 11 is 0. The number of carbonyl (C=O) groups is 1. The van der Waals surface area contributed by atoms with Crippen LogP contribution in [0.5, 0.6) is 0 Å². The van der Waals surface area contributed by atoms with Gasteiger partial charge in [-0.2, -0.15) is 0 Å². The number of benzene rings is 1. The maximum atomic E-state index is 12.4. The molecule has 1 aliphatic rings. The van der Waals surface area contributed by atoms with Crippen molar-refractivity contribution in [3.05, 3.63) is 58.4 Å². The average Bonchev–Trinajstić information content (AvgIpc) is 2.97. The molecule has 1 aromatic heterocycles. The summed E-state index contributed by atoms with van der Waals surface area (Å²) in [5, 5.41) is 13.5. The van der Waals surface area contributed by atoms with Gasteiger partial charge in [0.2, 0.25) is 0 Å². The molecule has 3 rings (SSSR count). The largest absolute Gasteiger partial charge is 0.348 e. The van der Waals surface area contributed by atoms with Gasteiger partial charge in [0.25, 0.3) is 5.69 Å². The second kappa shape index (κ2) is 5.51. The molecule has 0 unspecified atom stereocenters. The van der Waals surface area contributed by atoms with Gasteiger partial charge in [0.05, 0.1) is 11.0 Å². The molecule has 0 spiro atoms. The van der Waals surface area contributed by atoms with Crippen LogP contribution in [0.25, 0.3) is 0 Å². The van der Waals surface area contributed by atoms with Gasteiger partial charge in [-0.15, -0.1) is 0 Å². The van der Waals surface area contributed by atoms with Crippen molar-refractivity contribution in [3.63, 3.8) is 0 Å². The summed E-state index contributed by atoms with van der Waals surface area (Å²) < 4.78 is 2.13. The molecule has 1 N–H and O–H groups in total. The van der Waals surface area contributed by atoms with Crippen LogP contribution in [0.4, 0.5) is 16.2 Å². The molecule has 2 heterocycles. The summed E-state index contributed by atoms with van der Waals surface area (Å²) in [5.41, 5.74) is 1.46. The van der Waals surface area contributed by atoms with E-state index in [1.165, 1.54) is 12.1 Å². The fraction of sp³-hybridized carbons (Fsp3) is 0.267. The van der Waals surface area contributed by atoms with E-state index in [4.69, 9.17) is 0 Å². The molecule has 7 heteroatoms. The number of aromatic nitrogens is 1. The molecule has 1 aliphatic heterocycles. The normalized spacial score (nSPS) is 17.0. The van der Waals surface area contributed by atoms with E-state index in [2.05, 4.69) is 9.88 Å². The summed E-state index contributed by atoms with van der Waals surface area (Å²) in [5.74, 6) is 0. The topological polar surface area (TPSA) is 80.4 Å². The Morgan fingerprint density at radius 1 is 1.32 bits per heavy atom. The minimum Gasteiger partial charge on any atom is -0.348 e. The maximum absolute atomic E-state index is 12.4. The number of nitrogens with one attached hydrogen (secondary N) is 1. The number of urea groups is 1. The highest BCUT2D eigenvalue weighted by Crippen LogP contribution is 2.26. The molecule has 0 radical (unpaired) electrons. The molecule has 2 amide bonds. The summed E-state index contributed by atoms with van der Waals surface area (Å²) in [6.07, 6.45) is 2.00. The van der Waals surface area contributed by atoms with Crippen LogP contribution in [-0.2, 0) is 6.54 Å². The zero-order valence-electron chi connectivity index (χ0n) is 12.1. The SMILES string of the molecule is C[C@@H]1c2cccn2CCN1C(=O)Nc1cccc([N+](=O)[O-])c1. The third-order valence-corrected chi connectivity index (χ3v) is 3.91. The van der Waals surface area contributed by atoms with E-state index < -0.39 is 4.92 Å². The van der Waals surface area contributed by atoms with Gasteiger partial charge in [0.15, 0.2) is 0 Å². The Morgan fingerprint density at radius 3 is 2.91 bits per heavy atom. The van der Waals surface area contributed by atoms with Crippen molar-refractivity contribution < 1.29 is 9.72 Å².